The van der Waals surface area contributed by atoms with Gasteiger partial charge in [0.05, 0.1) is 17.6 Å². The number of hydrogen-bond donors (Lipinski definition) is 1. The van der Waals surface area contributed by atoms with Gasteiger partial charge in [0.25, 0.3) is 0 Å². The summed E-state index contributed by atoms with van der Waals surface area (Å²) in [6.07, 6.45) is 2.37. The molecule has 1 aromatic carbocycles. The fourth-order valence-electron chi connectivity index (χ4n) is 2.61. The number of fused-ring (bicyclic) bond motifs is 1. The maximum atomic E-state index is 10.0. The van der Waals surface area contributed by atoms with Gasteiger partial charge in [-0.15, -0.1) is 0 Å². The van der Waals surface area contributed by atoms with Gasteiger partial charge in [0.15, 0.2) is 0 Å². The molecule has 0 saturated heterocycles. The number of aliphatic hydroxyl groups excluding tert-OH is 1. The summed E-state index contributed by atoms with van der Waals surface area (Å²) in [6.45, 7) is 5.82. The Bertz CT molecular complexity index is 476. The second-order valence-corrected chi connectivity index (χ2v) is 5.95. The highest BCUT2D eigenvalue weighted by Crippen LogP contribution is 2.33. The van der Waals surface area contributed by atoms with Crippen LogP contribution in [0.1, 0.15) is 44.8 Å². The molecule has 2 rings (SSSR count). The van der Waals surface area contributed by atoms with Crippen molar-refractivity contribution in [2.24, 2.45) is 5.41 Å². The summed E-state index contributed by atoms with van der Waals surface area (Å²) in [5.74, 6) is 0. The van der Waals surface area contributed by atoms with Crippen LogP contribution < -0.4 is 4.90 Å². The molecule has 0 saturated carbocycles. The number of nitrogens with zero attached hydrogens (tertiary/aromatic N) is 2. The topological polar surface area (TPSA) is 47.3 Å². The number of benzene rings is 1. The average molecular weight is 258 g/mol. The molecule has 0 spiro atoms. The van der Waals surface area contributed by atoms with Gasteiger partial charge in [0, 0.05) is 24.3 Å². The van der Waals surface area contributed by atoms with E-state index in [1.807, 2.05) is 32.0 Å². The van der Waals surface area contributed by atoms with Crippen LogP contribution in [0.15, 0.2) is 24.3 Å². The van der Waals surface area contributed by atoms with Crippen LogP contribution in [-0.2, 0) is 0 Å². The van der Waals surface area contributed by atoms with Crippen molar-refractivity contribution in [1.29, 1.82) is 5.26 Å². The zero-order valence-electron chi connectivity index (χ0n) is 11.8. The molecule has 1 N–H and O–H groups in total. The lowest BCUT2D eigenvalue weighted by Crippen LogP contribution is -2.32. The maximum absolute atomic E-state index is 10.0. The van der Waals surface area contributed by atoms with Gasteiger partial charge >= 0.3 is 0 Å². The number of hydrogen-bond acceptors (Lipinski definition) is 3. The van der Waals surface area contributed by atoms with Gasteiger partial charge in [-0.3, -0.25) is 0 Å². The van der Waals surface area contributed by atoms with Gasteiger partial charge in [-0.1, -0.05) is 18.2 Å². The molecule has 0 amide bonds. The molecule has 1 aliphatic rings. The predicted octanol–water partition coefficient (Wildman–Crippen LogP) is 3.26. The van der Waals surface area contributed by atoms with Crippen molar-refractivity contribution in [3.8, 4) is 6.07 Å². The highest BCUT2D eigenvalue weighted by Gasteiger charge is 2.23. The fraction of sp³-hybridized carbons (Fsp3) is 0.562. The van der Waals surface area contributed by atoms with Gasteiger partial charge < -0.3 is 10.0 Å². The lowest BCUT2D eigenvalue weighted by molar-refractivity contribution is 0.164. The highest BCUT2D eigenvalue weighted by molar-refractivity contribution is 5.56. The Labute approximate surface area is 115 Å². The first-order chi connectivity index (χ1) is 9.03. The van der Waals surface area contributed by atoms with Crippen molar-refractivity contribution < 1.29 is 5.11 Å². The Balaban J connectivity index is 2.00. The van der Waals surface area contributed by atoms with Crippen molar-refractivity contribution in [2.75, 3.05) is 18.0 Å². The summed E-state index contributed by atoms with van der Waals surface area (Å²) in [6, 6.07) is 10.4. The molecular weight excluding hydrogens is 236 g/mol. The van der Waals surface area contributed by atoms with E-state index in [1.54, 1.807) is 0 Å². The lowest BCUT2D eigenvalue weighted by Gasteiger charge is -2.34. The summed E-state index contributed by atoms with van der Waals surface area (Å²) in [5.41, 5.74) is 1.94. The van der Waals surface area contributed by atoms with E-state index in [9.17, 15) is 5.11 Å². The van der Waals surface area contributed by atoms with Gasteiger partial charge in [0.2, 0.25) is 0 Å². The number of nitriles is 1. The van der Waals surface area contributed by atoms with Gasteiger partial charge in [-0.05, 0) is 39.2 Å². The second kappa shape index (κ2) is 5.63. The van der Waals surface area contributed by atoms with E-state index in [1.165, 1.54) is 0 Å². The molecule has 1 heterocycles. The predicted molar refractivity (Wildman–Crippen MR) is 76.9 cm³/mol. The number of aliphatic hydroxyl groups is 1. The Morgan fingerprint density at radius 3 is 2.89 bits per heavy atom. The van der Waals surface area contributed by atoms with Gasteiger partial charge in [-0.25, -0.2) is 0 Å². The molecule has 0 fully saturated rings. The van der Waals surface area contributed by atoms with Crippen molar-refractivity contribution >= 4 is 5.69 Å². The standard InChI is InChI=1S/C16H22N2O/c1-16(2,12-17)9-5-10-18-11-8-15(19)13-6-3-4-7-14(13)18/h3-4,6-7,15,19H,5,8-11H2,1-2H3. The summed E-state index contributed by atoms with van der Waals surface area (Å²) in [5, 5.41) is 19.0. The van der Waals surface area contributed by atoms with Crippen molar-refractivity contribution in [1.82, 2.24) is 0 Å². The summed E-state index contributed by atoms with van der Waals surface area (Å²) < 4.78 is 0. The van der Waals surface area contributed by atoms with Crippen LogP contribution in [-0.4, -0.2) is 18.2 Å². The van der Waals surface area contributed by atoms with Gasteiger partial charge in [0.1, 0.15) is 0 Å². The van der Waals surface area contributed by atoms with Crippen LogP contribution >= 0.6 is 0 Å². The van der Waals surface area contributed by atoms with E-state index in [0.717, 1.165) is 43.6 Å². The molecule has 1 atom stereocenters. The molecule has 102 valence electrons. The SMILES string of the molecule is CC(C)(C#N)CCCN1CCC(O)c2ccccc21. The molecule has 0 aromatic heterocycles. The Morgan fingerprint density at radius 1 is 1.42 bits per heavy atom. The second-order valence-electron chi connectivity index (χ2n) is 5.95. The zero-order chi connectivity index (χ0) is 13.9. The van der Waals surface area contributed by atoms with Crippen LogP contribution in [0.5, 0.6) is 0 Å². The smallest absolute Gasteiger partial charge is 0.0826 e. The largest absolute Gasteiger partial charge is 0.388 e. The molecule has 0 aliphatic carbocycles. The Hall–Kier alpha value is -1.53. The minimum Gasteiger partial charge on any atom is -0.388 e. The lowest BCUT2D eigenvalue weighted by atomic mass is 9.89. The maximum Gasteiger partial charge on any atom is 0.0826 e. The van der Waals surface area contributed by atoms with E-state index >= 15 is 0 Å². The minimum atomic E-state index is -0.331. The fourth-order valence-corrected chi connectivity index (χ4v) is 2.61. The minimum absolute atomic E-state index is 0.241. The van der Waals surface area contributed by atoms with Crippen LogP contribution in [0.2, 0.25) is 0 Å². The first-order valence-electron chi connectivity index (χ1n) is 6.97. The van der Waals surface area contributed by atoms with E-state index in [-0.39, 0.29) is 11.5 Å². The van der Waals surface area contributed by atoms with Crippen LogP contribution in [0.3, 0.4) is 0 Å². The van der Waals surface area contributed by atoms with E-state index in [2.05, 4.69) is 17.0 Å². The van der Waals surface area contributed by atoms with Crippen LogP contribution in [0.4, 0.5) is 5.69 Å². The first kappa shape index (κ1) is 13.9. The highest BCUT2D eigenvalue weighted by atomic mass is 16.3. The first-order valence-corrected chi connectivity index (χ1v) is 6.97. The molecular formula is C16H22N2O. The van der Waals surface area contributed by atoms with Crippen LogP contribution in [0.25, 0.3) is 0 Å². The summed E-state index contributed by atoms with van der Waals surface area (Å²) in [4.78, 5) is 2.33. The van der Waals surface area contributed by atoms with E-state index in [4.69, 9.17) is 5.26 Å². The summed E-state index contributed by atoms with van der Waals surface area (Å²) >= 11 is 0. The third-order valence-electron chi connectivity index (χ3n) is 3.84. The molecule has 19 heavy (non-hydrogen) atoms. The molecule has 3 nitrogen and oxygen atoms in total. The monoisotopic (exact) mass is 258 g/mol. The molecule has 0 bridgehead atoms. The van der Waals surface area contributed by atoms with Gasteiger partial charge in [-0.2, -0.15) is 5.26 Å². The van der Waals surface area contributed by atoms with E-state index < -0.39 is 0 Å². The zero-order valence-corrected chi connectivity index (χ0v) is 11.8. The average Bonchev–Trinajstić information content (AvgIpc) is 2.42. The normalized spacial score (nSPS) is 18.8. The molecule has 1 aromatic rings. The molecule has 1 unspecified atom stereocenters. The van der Waals surface area contributed by atoms with Crippen molar-refractivity contribution in [3.63, 3.8) is 0 Å². The van der Waals surface area contributed by atoms with Crippen LogP contribution in [0, 0.1) is 16.7 Å². The molecule has 3 heteroatoms. The third-order valence-corrected chi connectivity index (χ3v) is 3.84. The number of para-hydroxylation sites is 1. The van der Waals surface area contributed by atoms with E-state index in [0.29, 0.717) is 0 Å². The van der Waals surface area contributed by atoms with Crippen molar-refractivity contribution in [2.45, 2.75) is 39.2 Å². The molecule has 1 aliphatic heterocycles. The number of rotatable bonds is 4. The number of anilines is 1. The molecule has 0 radical (unpaired) electrons. The third kappa shape index (κ3) is 3.27. The van der Waals surface area contributed by atoms with Crippen molar-refractivity contribution in [3.05, 3.63) is 29.8 Å². The quantitative estimate of drug-likeness (QED) is 0.901. The Kier molecular flexibility index (Phi) is 4.11. The Morgan fingerprint density at radius 2 is 2.16 bits per heavy atom. The summed E-state index contributed by atoms with van der Waals surface area (Å²) in [7, 11) is 0.